The van der Waals surface area contributed by atoms with Crippen LogP contribution >= 0.6 is 22.9 Å². The summed E-state index contributed by atoms with van der Waals surface area (Å²) in [5.41, 5.74) is 1.15. The maximum Gasteiger partial charge on any atom is 0.276 e. The summed E-state index contributed by atoms with van der Waals surface area (Å²) in [6.07, 6.45) is 1.38. The Bertz CT molecular complexity index is 740. The zero-order valence-corrected chi connectivity index (χ0v) is 12.1. The Labute approximate surface area is 128 Å². The quantitative estimate of drug-likeness (QED) is 0.764. The first kappa shape index (κ1) is 13.6. The van der Waals surface area contributed by atoms with Gasteiger partial charge in [0.2, 0.25) is 0 Å². The molecule has 2 N–H and O–H groups in total. The van der Waals surface area contributed by atoms with Crippen LogP contribution in [0, 0.1) is 0 Å². The van der Waals surface area contributed by atoms with E-state index in [-0.39, 0.29) is 5.91 Å². The minimum Gasteiger partial charge on any atom is -0.363 e. The molecule has 1 aromatic carbocycles. The summed E-state index contributed by atoms with van der Waals surface area (Å²) < 4.78 is 4.64. The number of nitrogens with zero attached hydrogens (tertiary/aromatic N) is 2. The van der Waals surface area contributed by atoms with Crippen molar-refractivity contribution < 1.29 is 9.32 Å². The van der Waals surface area contributed by atoms with E-state index in [0.717, 1.165) is 5.69 Å². The van der Waals surface area contributed by atoms with Crippen LogP contribution in [0.3, 0.4) is 0 Å². The minimum atomic E-state index is -0.343. The van der Waals surface area contributed by atoms with Gasteiger partial charge in [-0.3, -0.25) is 4.79 Å². The molecule has 0 aliphatic heterocycles. The first-order chi connectivity index (χ1) is 10.2. The van der Waals surface area contributed by atoms with Gasteiger partial charge >= 0.3 is 0 Å². The van der Waals surface area contributed by atoms with E-state index < -0.39 is 0 Å². The fourth-order valence-corrected chi connectivity index (χ4v) is 2.39. The SMILES string of the molecule is O=C(Nc1ccon1)c1csc(Nc2ccc(Cl)cc2)n1. The number of aromatic nitrogens is 2. The van der Waals surface area contributed by atoms with Crippen molar-refractivity contribution in [3.8, 4) is 0 Å². The molecule has 0 fully saturated rings. The van der Waals surface area contributed by atoms with E-state index in [9.17, 15) is 4.79 Å². The lowest BCUT2D eigenvalue weighted by molar-refractivity contribution is 0.102. The number of thiazole rings is 1. The topological polar surface area (TPSA) is 80.0 Å². The van der Waals surface area contributed by atoms with Crippen LogP contribution in [0.2, 0.25) is 5.02 Å². The molecule has 6 nitrogen and oxygen atoms in total. The largest absolute Gasteiger partial charge is 0.363 e. The maximum absolute atomic E-state index is 11.9. The average Bonchev–Trinajstić information content (AvgIpc) is 3.13. The first-order valence-corrected chi connectivity index (χ1v) is 7.16. The van der Waals surface area contributed by atoms with Gasteiger partial charge in [0.05, 0.1) is 0 Å². The second-order valence-corrected chi connectivity index (χ2v) is 5.30. The molecule has 0 bridgehead atoms. The van der Waals surface area contributed by atoms with E-state index in [4.69, 9.17) is 11.6 Å². The van der Waals surface area contributed by atoms with Crippen LogP contribution in [-0.2, 0) is 0 Å². The number of halogens is 1. The molecule has 0 spiro atoms. The molecule has 2 heterocycles. The average molecular weight is 321 g/mol. The molecule has 0 radical (unpaired) electrons. The second kappa shape index (κ2) is 5.94. The van der Waals surface area contributed by atoms with Crippen LogP contribution in [0.5, 0.6) is 0 Å². The predicted molar refractivity (Wildman–Crippen MR) is 81.3 cm³/mol. The van der Waals surface area contributed by atoms with Crippen LogP contribution in [0.15, 0.2) is 46.5 Å². The molecular weight excluding hydrogens is 312 g/mol. The third kappa shape index (κ3) is 3.39. The van der Waals surface area contributed by atoms with Crippen LogP contribution in [0.4, 0.5) is 16.6 Å². The normalized spacial score (nSPS) is 10.3. The number of carbonyl (C=O) groups is 1. The predicted octanol–water partition coefficient (Wildman–Crippen LogP) is 3.78. The van der Waals surface area contributed by atoms with Gasteiger partial charge in [-0.25, -0.2) is 4.98 Å². The summed E-state index contributed by atoms with van der Waals surface area (Å²) in [6.45, 7) is 0. The van der Waals surface area contributed by atoms with Gasteiger partial charge in [-0.05, 0) is 24.3 Å². The van der Waals surface area contributed by atoms with E-state index in [1.807, 2.05) is 12.1 Å². The number of amides is 1. The molecule has 3 aromatic rings. The van der Waals surface area contributed by atoms with Gasteiger partial charge < -0.3 is 15.2 Å². The molecule has 8 heteroatoms. The van der Waals surface area contributed by atoms with Crippen LogP contribution in [0.25, 0.3) is 0 Å². The second-order valence-electron chi connectivity index (χ2n) is 4.01. The lowest BCUT2D eigenvalue weighted by Gasteiger charge is -2.01. The van der Waals surface area contributed by atoms with Crippen molar-refractivity contribution >= 4 is 45.5 Å². The molecule has 21 heavy (non-hydrogen) atoms. The first-order valence-electron chi connectivity index (χ1n) is 5.90. The van der Waals surface area contributed by atoms with Crippen molar-refractivity contribution in [1.29, 1.82) is 0 Å². The van der Waals surface area contributed by atoms with E-state index in [2.05, 4.69) is 25.3 Å². The Morgan fingerprint density at radius 2 is 2.05 bits per heavy atom. The molecule has 0 saturated carbocycles. The highest BCUT2D eigenvalue weighted by atomic mass is 35.5. The number of carbonyl (C=O) groups excluding carboxylic acids is 1. The van der Waals surface area contributed by atoms with E-state index in [0.29, 0.717) is 21.7 Å². The Morgan fingerprint density at radius 1 is 1.24 bits per heavy atom. The summed E-state index contributed by atoms with van der Waals surface area (Å²) in [7, 11) is 0. The van der Waals surface area contributed by atoms with Gasteiger partial charge in [-0.1, -0.05) is 16.8 Å². The molecule has 1 amide bonds. The van der Waals surface area contributed by atoms with Gasteiger partial charge in [-0.2, -0.15) is 0 Å². The third-order valence-corrected chi connectivity index (χ3v) is 3.52. The minimum absolute atomic E-state index is 0.305. The fourth-order valence-electron chi connectivity index (χ4n) is 1.55. The molecule has 0 aliphatic carbocycles. The fraction of sp³-hybridized carbons (Fsp3) is 0. The van der Waals surface area contributed by atoms with Gasteiger partial charge in [-0.15, -0.1) is 11.3 Å². The Balaban J connectivity index is 1.68. The van der Waals surface area contributed by atoms with E-state index in [1.54, 1.807) is 23.6 Å². The van der Waals surface area contributed by atoms with Crippen molar-refractivity contribution in [3.63, 3.8) is 0 Å². The molecule has 3 rings (SSSR count). The van der Waals surface area contributed by atoms with Gasteiger partial charge in [0, 0.05) is 22.2 Å². The number of rotatable bonds is 4. The van der Waals surface area contributed by atoms with E-state index >= 15 is 0 Å². The third-order valence-electron chi connectivity index (χ3n) is 2.51. The van der Waals surface area contributed by atoms with Crippen LogP contribution < -0.4 is 10.6 Å². The molecule has 2 aromatic heterocycles. The molecule has 0 aliphatic rings. The summed E-state index contributed by atoms with van der Waals surface area (Å²) in [6, 6.07) is 8.76. The molecule has 0 unspecified atom stereocenters. The zero-order valence-electron chi connectivity index (χ0n) is 10.5. The molecule has 0 atom stereocenters. The summed E-state index contributed by atoms with van der Waals surface area (Å²) >= 11 is 7.15. The lowest BCUT2D eigenvalue weighted by Crippen LogP contribution is -2.12. The Hall–Kier alpha value is -2.38. The summed E-state index contributed by atoms with van der Waals surface area (Å²) in [5.74, 6) is 0.00418. The highest BCUT2D eigenvalue weighted by molar-refractivity contribution is 7.14. The van der Waals surface area contributed by atoms with Gasteiger partial charge in [0.15, 0.2) is 10.9 Å². The van der Waals surface area contributed by atoms with Crippen LogP contribution in [0.1, 0.15) is 10.5 Å². The number of hydrogen-bond acceptors (Lipinski definition) is 6. The molecular formula is C13H9ClN4O2S. The highest BCUT2D eigenvalue weighted by Crippen LogP contribution is 2.22. The number of nitrogens with one attached hydrogen (secondary N) is 2. The number of benzene rings is 1. The van der Waals surface area contributed by atoms with Crippen molar-refractivity contribution in [2.45, 2.75) is 0 Å². The Kier molecular flexibility index (Phi) is 3.85. The highest BCUT2D eigenvalue weighted by Gasteiger charge is 2.12. The standard InChI is InChI=1S/C13H9ClN4O2S/c14-8-1-3-9(4-2-8)15-13-16-10(7-21-13)12(19)17-11-5-6-20-18-11/h1-7H,(H,15,16)(H,17,18,19). The number of hydrogen-bond donors (Lipinski definition) is 2. The number of anilines is 3. The van der Waals surface area contributed by atoms with Crippen molar-refractivity contribution in [3.05, 3.63) is 52.7 Å². The summed E-state index contributed by atoms with van der Waals surface area (Å²) in [5, 5.41) is 12.2. The smallest absolute Gasteiger partial charge is 0.276 e. The summed E-state index contributed by atoms with van der Waals surface area (Å²) in [4.78, 5) is 16.1. The zero-order chi connectivity index (χ0) is 14.7. The van der Waals surface area contributed by atoms with Crippen LogP contribution in [-0.4, -0.2) is 16.0 Å². The van der Waals surface area contributed by atoms with Crippen molar-refractivity contribution in [2.75, 3.05) is 10.6 Å². The van der Waals surface area contributed by atoms with Gasteiger partial charge in [0.25, 0.3) is 5.91 Å². The molecule has 106 valence electrons. The van der Waals surface area contributed by atoms with Gasteiger partial charge in [0.1, 0.15) is 12.0 Å². The lowest BCUT2D eigenvalue weighted by atomic mass is 10.3. The monoisotopic (exact) mass is 320 g/mol. The van der Waals surface area contributed by atoms with E-state index in [1.165, 1.54) is 17.6 Å². The van der Waals surface area contributed by atoms with Crippen molar-refractivity contribution in [1.82, 2.24) is 10.1 Å². The molecule has 0 saturated heterocycles. The Morgan fingerprint density at radius 3 is 2.76 bits per heavy atom. The maximum atomic E-state index is 11.9. The van der Waals surface area contributed by atoms with Crippen molar-refractivity contribution in [2.24, 2.45) is 0 Å².